The van der Waals surface area contributed by atoms with Crippen molar-refractivity contribution in [1.82, 2.24) is 20.4 Å². The van der Waals surface area contributed by atoms with Gasteiger partial charge in [-0.2, -0.15) is 0 Å². The van der Waals surface area contributed by atoms with Crippen LogP contribution >= 0.6 is 0 Å². The number of hydrogen-bond donors (Lipinski definition) is 2. The van der Waals surface area contributed by atoms with Crippen LogP contribution in [0.1, 0.15) is 47.7 Å². The predicted octanol–water partition coefficient (Wildman–Crippen LogP) is 3.64. The van der Waals surface area contributed by atoms with Crippen molar-refractivity contribution in [3.05, 3.63) is 89.5 Å². The number of fused-ring (bicyclic) bond motifs is 1. The van der Waals surface area contributed by atoms with Crippen LogP contribution in [0.15, 0.2) is 72.8 Å². The molecule has 3 aromatic carbocycles. The van der Waals surface area contributed by atoms with E-state index in [1.54, 1.807) is 50.4 Å². The van der Waals surface area contributed by atoms with Crippen molar-refractivity contribution < 1.29 is 33.4 Å². The molecule has 11 nitrogen and oxygen atoms in total. The first kappa shape index (κ1) is 35.8. The van der Waals surface area contributed by atoms with Gasteiger partial charge in [-0.25, -0.2) is 0 Å². The Labute approximate surface area is 282 Å². The molecule has 4 rings (SSSR count). The summed E-state index contributed by atoms with van der Waals surface area (Å²) in [5.41, 5.74) is 2.31. The van der Waals surface area contributed by atoms with Gasteiger partial charge in [0, 0.05) is 27.1 Å². The Hall–Kier alpha value is -5.06. The number of likely N-dealkylation sites (N-methyl/N-ethyl adjacent to an activating group) is 2. The van der Waals surface area contributed by atoms with Crippen molar-refractivity contribution in [1.29, 1.82) is 0 Å². The maximum absolute atomic E-state index is 13.6. The number of benzene rings is 3. The zero-order chi connectivity index (χ0) is 34.5. The van der Waals surface area contributed by atoms with Crippen LogP contribution in [0.5, 0.6) is 17.2 Å². The molecule has 11 heteroatoms. The third kappa shape index (κ3) is 9.97. The largest absolute Gasteiger partial charge is 0.493 e. The van der Waals surface area contributed by atoms with Gasteiger partial charge < -0.3 is 34.6 Å². The molecule has 0 radical (unpaired) electrons. The van der Waals surface area contributed by atoms with Crippen molar-refractivity contribution in [3.8, 4) is 17.2 Å². The Kier molecular flexibility index (Phi) is 13.2. The van der Waals surface area contributed by atoms with Gasteiger partial charge in [-0.1, -0.05) is 48.5 Å². The molecule has 1 aliphatic rings. The van der Waals surface area contributed by atoms with Gasteiger partial charge >= 0.3 is 0 Å². The maximum Gasteiger partial charge on any atom is 0.255 e. The first-order chi connectivity index (χ1) is 23.2. The van der Waals surface area contributed by atoms with E-state index in [1.807, 2.05) is 55.5 Å². The summed E-state index contributed by atoms with van der Waals surface area (Å²) in [7, 11) is 4.85. The van der Waals surface area contributed by atoms with Crippen LogP contribution in [0.25, 0.3) is 0 Å². The van der Waals surface area contributed by atoms with Crippen LogP contribution in [0.3, 0.4) is 0 Å². The summed E-state index contributed by atoms with van der Waals surface area (Å²) in [6.45, 7) is 2.79. The SMILES string of the molecule is CCOc1ccc(CCCNC(=O)[C@@H]2CCC(=O)N(C)CC(=O)N(C)[C@H](Cc3ccccc3)COc3ccccc3C(=O)N2)cc1OC. The molecular formula is C37H46N4O7. The molecule has 0 fully saturated rings. The average Bonchev–Trinajstić information content (AvgIpc) is 3.10. The van der Waals surface area contributed by atoms with Gasteiger partial charge in [-0.3, -0.25) is 19.2 Å². The average molecular weight is 659 g/mol. The van der Waals surface area contributed by atoms with Crippen molar-refractivity contribution in [2.24, 2.45) is 0 Å². The molecule has 3 aromatic rings. The summed E-state index contributed by atoms with van der Waals surface area (Å²) < 4.78 is 17.2. The number of carbonyl (C=O) groups is 4. The number of ether oxygens (including phenoxy) is 3. The summed E-state index contributed by atoms with van der Waals surface area (Å²) in [5, 5.41) is 5.74. The molecule has 0 bridgehead atoms. The molecular weight excluding hydrogens is 612 g/mol. The highest BCUT2D eigenvalue weighted by molar-refractivity contribution is 5.99. The van der Waals surface area contributed by atoms with Crippen molar-refractivity contribution >= 4 is 23.6 Å². The molecule has 256 valence electrons. The number of methoxy groups -OCH3 is 1. The Balaban J connectivity index is 1.48. The zero-order valence-corrected chi connectivity index (χ0v) is 28.2. The lowest BCUT2D eigenvalue weighted by Crippen LogP contribution is -2.48. The molecule has 0 aromatic heterocycles. The minimum atomic E-state index is -0.984. The fourth-order valence-electron chi connectivity index (χ4n) is 5.50. The Bertz CT molecular complexity index is 1550. The number of amides is 4. The summed E-state index contributed by atoms with van der Waals surface area (Å²) in [4.78, 5) is 56.4. The van der Waals surface area contributed by atoms with E-state index in [0.717, 1.165) is 11.1 Å². The molecule has 0 saturated heterocycles. The first-order valence-electron chi connectivity index (χ1n) is 16.3. The number of para-hydroxylation sites is 1. The highest BCUT2D eigenvalue weighted by atomic mass is 16.5. The minimum absolute atomic E-state index is 0.0383. The summed E-state index contributed by atoms with van der Waals surface area (Å²) in [6, 6.07) is 20.9. The molecule has 48 heavy (non-hydrogen) atoms. The van der Waals surface area contributed by atoms with E-state index in [1.165, 1.54) is 4.90 Å². The minimum Gasteiger partial charge on any atom is -0.493 e. The van der Waals surface area contributed by atoms with E-state index in [-0.39, 0.29) is 49.4 Å². The van der Waals surface area contributed by atoms with Gasteiger partial charge in [0.05, 0.1) is 31.9 Å². The molecule has 0 spiro atoms. The lowest BCUT2D eigenvalue weighted by atomic mass is 10.1. The molecule has 4 amide bonds. The normalized spacial score (nSPS) is 17.7. The number of aryl methyl sites for hydroxylation is 1. The molecule has 2 atom stereocenters. The van der Waals surface area contributed by atoms with Crippen molar-refractivity contribution in [2.45, 2.75) is 51.1 Å². The lowest BCUT2D eigenvalue weighted by Gasteiger charge is -2.30. The van der Waals surface area contributed by atoms with E-state index in [9.17, 15) is 19.2 Å². The van der Waals surface area contributed by atoms with Crippen molar-refractivity contribution in [3.63, 3.8) is 0 Å². The van der Waals surface area contributed by atoms with Crippen LogP contribution in [0.2, 0.25) is 0 Å². The smallest absolute Gasteiger partial charge is 0.255 e. The molecule has 2 N–H and O–H groups in total. The fraction of sp³-hybridized carbons (Fsp3) is 0.405. The summed E-state index contributed by atoms with van der Waals surface area (Å²) in [5.74, 6) is 0.216. The predicted molar refractivity (Wildman–Crippen MR) is 182 cm³/mol. The van der Waals surface area contributed by atoms with E-state index in [0.29, 0.717) is 49.7 Å². The molecule has 0 saturated carbocycles. The van der Waals surface area contributed by atoms with E-state index < -0.39 is 17.9 Å². The topological polar surface area (TPSA) is 127 Å². The molecule has 0 unspecified atom stereocenters. The number of hydrogen-bond acceptors (Lipinski definition) is 7. The zero-order valence-electron chi connectivity index (χ0n) is 28.2. The van der Waals surface area contributed by atoms with Crippen LogP contribution < -0.4 is 24.8 Å². The Morgan fingerprint density at radius 2 is 1.71 bits per heavy atom. The fourth-order valence-corrected chi connectivity index (χ4v) is 5.50. The Morgan fingerprint density at radius 3 is 2.46 bits per heavy atom. The number of nitrogens with zero attached hydrogens (tertiary/aromatic N) is 2. The van der Waals surface area contributed by atoms with Crippen LogP contribution in [0, 0.1) is 0 Å². The maximum atomic E-state index is 13.6. The molecule has 1 aliphatic heterocycles. The third-order valence-electron chi connectivity index (χ3n) is 8.35. The van der Waals surface area contributed by atoms with Gasteiger partial charge in [-0.05, 0) is 68.0 Å². The van der Waals surface area contributed by atoms with E-state index >= 15 is 0 Å². The molecule has 1 heterocycles. The standard InChI is InChI=1S/C37H46N4O7/c1-5-47-32-19-17-27(23-33(32)46-4)14-11-21-38-37(45)30-18-20-34(42)40(2)24-35(43)41(3)28(22-26-12-7-6-8-13-26)25-48-31-16-10-9-15-29(31)36(44)39-30/h6-10,12-13,15-17,19,23,28,30H,5,11,14,18,20-22,24-25H2,1-4H3,(H,38,45)(H,39,44)/t28-,30+/m1/s1. The second-order valence-corrected chi connectivity index (χ2v) is 11.8. The quantitative estimate of drug-likeness (QED) is 0.319. The number of rotatable bonds is 10. The summed E-state index contributed by atoms with van der Waals surface area (Å²) >= 11 is 0. The van der Waals surface area contributed by atoms with Gasteiger partial charge in [0.1, 0.15) is 18.4 Å². The van der Waals surface area contributed by atoms with Crippen molar-refractivity contribution in [2.75, 3.05) is 47.5 Å². The van der Waals surface area contributed by atoms with Gasteiger partial charge in [0.15, 0.2) is 11.5 Å². The van der Waals surface area contributed by atoms with E-state index in [4.69, 9.17) is 14.2 Å². The molecule has 0 aliphatic carbocycles. The third-order valence-corrected chi connectivity index (χ3v) is 8.35. The Morgan fingerprint density at radius 1 is 0.958 bits per heavy atom. The number of carbonyl (C=O) groups excluding carboxylic acids is 4. The monoisotopic (exact) mass is 658 g/mol. The highest BCUT2D eigenvalue weighted by Gasteiger charge is 2.28. The highest BCUT2D eigenvalue weighted by Crippen LogP contribution is 2.28. The second-order valence-electron chi connectivity index (χ2n) is 11.8. The first-order valence-corrected chi connectivity index (χ1v) is 16.3. The van der Waals surface area contributed by atoms with Gasteiger partial charge in [0.25, 0.3) is 5.91 Å². The van der Waals surface area contributed by atoms with Crippen LogP contribution in [0.4, 0.5) is 0 Å². The summed E-state index contributed by atoms with van der Waals surface area (Å²) in [6.07, 6.45) is 1.86. The lowest BCUT2D eigenvalue weighted by molar-refractivity contribution is -0.140. The van der Waals surface area contributed by atoms with Crippen LogP contribution in [-0.2, 0) is 27.2 Å². The van der Waals surface area contributed by atoms with Crippen LogP contribution in [-0.4, -0.2) is 93.0 Å². The second kappa shape index (κ2) is 17.7. The van der Waals surface area contributed by atoms with Gasteiger partial charge in [0.2, 0.25) is 17.7 Å². The number of nitrogens with one attached hydrogen (secondary N) is 2. The van der Waals surface area contributed by atoms with Gasteiger partial charge in [-0.15, -0.1) is 0 Å². The van der Waals surface area contributed by atoms with E-state index in [2.05, 4.69) is 10.6 Å².